The fraction of sp³-hybridized carbons (Fsp3) is 1.00. The van der Waals surface area contributed by atoms with Crippen molar-refractivity contribution >= 4 is 0 Å². The van der Waals surface area contributed by atoms with E-state index in [-0.39, 0.29) is 0 Å². The van der Waals surface area contributed by atoms with Gasteiger partial charge >= 0.3 is 0 Å². The van der Waals surface area contributed by atoms with Gasteiger partial charge in [0.2, 0.25) is 0 Å². The maximum Gasteiger partial charge on any atom is 0.0936 e. The molecule has 0 amide bonds. The highest BCUT2D eigenvalue weighted by Crippen LogP contribution is 2.13. The smallest absolute Gasteiger partial charge is 0.0936 e. The van der Waals surface area contributed by atoms with Gasteiger partial charge in [-0.1, -0.05) is 0 Å². The first-order chi connectivity index (χ1) is 5.84. The fourth-order valence-corrected chi connectivity index (χ4v) is 1.71. The molecule has 3 nitrogen and oxygen atoms in total. The molecule has 0 N–H and O–H groups in total. The average molecular weight is 171 g/mol. The lowest BCUT2D eigenvalue weighted by atomic mass is 10.3. The summed E-state index contributed by atoms with van der Waals surface area (Å²) in [6.45, 7) is 7.37. The summed E-state index contributed by atoms with van der Waals surface area (Å²) in [4.78, 5) is 2.45. The number of ether oxygens (including phenoxy) is 2. The number of hydrogen-bond donors (Lipinski definition) is 0. The molecule has 70 valence electrons. The molecule has 0 aromatic carbocycles. The van der Waals surface area contributed by atoms with Crippen LogP contribution in [0.4, 0.5) is 0 Å². The molecule has 1 unspecified atom stereocenters. The number of nitrogens with zero attached hydrogens (tertiary/aromatic N) is 1. The van der Waals surface area contributed by atoms with E-state index in [9.17, 15) is 0 Å². The van der Waals surface area contributed by atoms with Gasteiger partial charge in [-0.15, -0.1) is 0 Å². The third kappa shape index (κ3) is 2.44. The Morgan fingerprint density at radius 3 is 3.00 bits per heavy atom. The third-order valence-corrected chi connectivity index (χ3v) is 2.40. The van der Waals surface area contributed by atoms with Crippen LogP contribution in [0.15, 0.2) is 0 Å². The Morgan fingerprint density at radius 2 is 2.25 bits per heavy atom. The van der Waals surface area contributed by atoms with Gasteiger partial charge in [0.1, 0.15) is 0 Å². The highest BCUT2D eigenvalue weighted by atomic mass is 16.6. The van der Waals surface area contributed by atoms with Crippen molar-refractivity contribution in [3.63, 3.8) is 0 Å². The van der Waals surface area contributed by atoms with Crippen LogP contribution in [0.2, 0.25) is 0 Å². The second-order valence-corrected chi connectivity index (χ2v) is 3.75. The molecule has 0 radical (unpaired) electrons. The molecule has 2 heterocycles. The van der Waals surface area contributed by atoms with Crippen molar-refractivity contribution in [3.8, 4) is 0 Å². The van der Waals surface area contributed by atoms with Gasteiger partial charge in [0, 0.05) is 26.2 Å². The summed E-state index contributed by atoms with van der Waals surface area (Å²) in [6, 6.07) is 0. The second kappa shape index (κ2) is 3.73. The summed E-state index contributed by atoms with van der Waals surface area (Å²) in [6.07, 6.45) is 2.08. The van der Waals surface area contributed by atoms with Gasteiger partial charge in [0.05, 0.1) is 18.8 Å². The SMILES string of the molecule is CC1CN(C[C@@H]2CO2)CCCO1. The first-order valence-corrected chi connectivity index (χ1v) is 4.80. The van der Waals surface area contributed by atoms with Crippen molar-refractivity contribution in [2.45, 2.75) is 25.6 Å². The fourth-order valence-electron chi connectivity index (χ4n) is 1.71. The van der Waals surface area contributed by atoms with Crippen molar-refractivity contribution in [2.75, 3.05) is 32.8 Å². The molecule has 2 saturated heterocycles. The Hall–Kier alpha value is -0.120. The first-order valence-electron chi connectivity index (χ1n) is 4.80. The van der Waals surface area contributed by atoms with Crippen LogP contribution in [0.3, 0.4) is 0 Å². The largest absolute Gasteiger partial charge is 0.377 e. The standard InChI is InChI=1S/C9H17NO2/c1-8-5-10(3-2-4-11-8)6-9-7-12-9/h8-9H,2-7H2,1H3/t8?,9-/m1/s1. The molecule has 0 spiro atoms. The van der Waals surface area contributed by atoms with Gasteiger partial charge < -0.3 is 9.47 Å². The summed E-state index contributed by atoms with van der Waals surface area (Å²) >= 11 is 0. The van der Waals surface area contributed by atoms with Crippen LogP contribution >= 0.6 is 0 Å². The van der Waals surface area contributed by atoms with Crippen LogP contribution in [-0.2, 0) is 9.47 Å². The lowest BCUT2D eigenvalue weighted by Crippen LogP contribution is -2.33. The van der Waals surface area contributed by atoms with E-state index in [0.29, 0.717) is 12.2 Å². The van der Waals surface area contributed by atoms with Crippen LogP contribution in [0.1, 0.15) is 13.3 Å². The van der Waals surface area contributed by atoms with E-state index in [1.54, 1.807) is 0 Å². The Bertz CT molecular complexity index is 147. The highest BCUT2D eigenvalue weighted by molar-refractivity contribution is 4.76. The van der Waals surface area contributed by atoms with E-state index in [4.69, 9.17) is 9.47 Å². The minimum Gasteiger partial charge on any atom is -0.377 e. The van der Waals surface area contributed by atoms with Crippen molar-refractivity contribution in [1.29, 1.82) is 0 Å². The minimum atomic E-state index is 0.395. The molecule has 2 aliphatic rings. The molecule has 0 aromatic heterocycles. The average Bonchev–Trinajstić information content (AvgIpc) is 2.80. The normalized spacial score (nSPS) is 37.8. The molecule has 3 heteroatoms. The Balaban J connectivity index is 1.77. The molecular formula is C9H17NO2. The van der Waals surface area contributed by atoms with Crippen LogP contribution in [0, 0.1) is 0 Å². The van der Waals surface area contributed by atoms with Crippen LogP contribution in [0.25, 0.3) is 0 Å². The van der Waals surface area contributed by atoms with Crippen molar-refractivity contribution < 1.29 is 9.47 Å². The molecule has 12 heavy (non-hydrogen) atoms. The Morgan fingerprint density at radius 1 is 1.42 bits per heavy atom. The van der Waals surface area contributed by atoms with Crippen LogP contribution in [0.5, 0.6) is 0 Å². The highest BCUT2D eigenvalue weighted by Gasteiger charge is 2.26. The third-order valence-electron chi connectivity index (χ3n) is 2.40. The maximum absolute atomic E-state index is 5.55. The van der Waals surface area contributed by atoms with Gasteiger partial charge in [0.25, 0.3) is 0 Å². The quantitative estimate of drug-likeness (QED) is 0.565. The van der Waals surface area contributed by atoms with Gasteiger partial charge in [-0.05, 0) is 13.3 Å². The number of epoxide rings is 1. The van der Waals surface area contributed by atoms with E-state index >= 15 is 0 Å². The topological polar surface area (TPSA) is 25.0 Å². The van der Waals surface area contributed by atoms with Crippen molar-refractivity contribution in [3.05, 3.63) is 0 Å². The zero-order valence-electron chi connectivity index (χ0n) is 7.66. The maximum atomic E-state index is 5.55. The molecule has 2 atom stereocenters. The molecule has 0 saturated carbocycles. The predicted octanol–water partition coefficient (Wildman–Crippen LogP) is 0.496. The van der Waals surface area contributed by atoms with Gasteiger partial charge in [-0.2, -0.15) is 0 Å². The van der Waals surface area contributed by atoms with E-state index < -0.39 is 0 Å². The molecule has 0 bridgehead atoms. The van der Waals surface area contributed by atoms with Crippen molar-refractivity contribution in [1.82, 2.24) is 4.90 Å². The lowest BCUT2D eigenvalue weighted by molar-refractivity contribution is 0.0668. The van der Waals surface area contributed by atoms with E-state index in [2.05, 4.69) is 11.8 Å². The summed E-state index contributed by atoms with van der Waals surface area (Å²) in [5, 5.41) is 0. The molecular weight excluding hydrogens is 154 g/mol. The van der Waals surface area contributed by atoms with Crippen LogP contribution in [-0.4, -0.2) is 50.0 Å². The van der Waals surface area contributed by atoms with Crippen molar-refractivity contribution in [2.24, 2.45) is 0 Å². The molecule has 2 fully saturated rings. The lowest BCUT2D eigenvalue weighted by Gasteiger charge is -2.20. The monoisotopic (exact) mass is 171 g/mol. The summed E-state index contributed by atoms with van der Waals surface area (Å²) in [5.41, 5.74) is 0. The van der Waals surface area contributed by atoms with E-state index in [1.165, 1.54) is 6.54 Å². The van der Waals surface area contributed by atoms with Crippen LogP contribution < -0.4 is 0 Å². The minimum absolute atomic E-state index is 0.395. The Kier molecular flexibility index (Phi) is 2.63. The predicted molar refractivity (Wildman–Crippen MR) is 46.2 cm³/mol. The molecule has 0 aliphatic carbocycles. The van der Waals surface area contributed by atoms with Gasteiger partial charge in [-0.25, -0.2) is 0 Å². The van der Waals surface area contributed by atoms with E-state index in [0.717, 1.165) is 32.7 Å². The number of hydrogen-bond acceptors (Lipinski definition) is 3. The van der Waals surface area contributed by atoms with E-state index in [1.807, 2.05) is 0 Å². The first kappa shape index (κ1) is 8.48. The second-order valence-electron chi connectivity index (χ2n) is 3.75. The van der Waals surface area contributed by atoms with Gasteiger partial charge in [0.15, 0.2) is 0 Å². The zero-order chi connectivity index (χ0) is 8.39. The molecule has 2 aliphatic heterocycles. The number of rotatable bonds is 2. The Labute approximate surface area is 73.6 Å². The summed E-state index contributed by atoms with van der Waals surface area (Å²) < 4.78 is 10.8. The summed E-state index contributed by atoms with van der Waals surface area (Å²) in [7, 11) is 0. The zero-order valence-corrected chi connectivity index (χ0v) is 7.66. The molecule has 2 rings (SSSR count). The molecule has 0 aromatic rings. The summed E-state index contributed by atoms with van der Waals surface area (Å²) in [5.74, 6) is 0. The van der Waals surface area contributed by atoms with Gasteiger partial charge in [-0.3, -0.25) is 4.90 Å².